The van der Waals surface area contributed by atoms with Gasteiger partial charge in [-0.05, 0) is 48.4 Å². The van der Waals surface area contributed by atoms with Gasteiger partial charge >= 0.3 is 0 Å². The van der Waals surface area contributed by atoms with Gasteiger partial charge in [0.2, 0.25) is 5.88 Å². The average molecular weight is 365 g/mol. The zero-order valence-corrected chi connectivity index (χ0v) is 15.0. The zero-order chi connectivity index (χ0) is 19.1. The first-order valence-corrected chi connectivity index (χ1v) is 8.68. The molecule has 1 aromatic carbocycles. The fourth-order valence-corrected chi connectivity index (χ4v) is 2.74. The highest BCUT2D eigenvalue weighted by Crippen LogP contribution is 2.20. The summed E-state index contributed by atoms with van der Waals surface area (Å²) in [6.07, 6.45) is 4.97. The number of ether oxygens (including phenoxy) is 1. The van der Waals surface area contributed by atoms with Crippen molar-refractivity contribution in [2.24, 2.45) is 0 Å². The third-order valence-electron chi connectivity index (χ3n) is 3.93. The SMILES string of the molecule is CCOc1ncccc1C(=O)N(Cc1cccnc1)Cc1cccc(F)c1. The van der Waals surface area contributed by atoms with Crippen LogP contribution in [0.4, 0.5) is 4.39 Å². The van der Waals surface area contributed by atoms with Gasteiger partial charge in [0, 0.05) is 31.7 Å². The maximum atomic E-state index is 13.6. The van der Waals surface area contributed by atoms with Crippen LogP contribution in [-0.4, -0.2) is 27.4 Å². The molecular weight excluding hydrogens is 345 g/mol. The van der Waals surface area contributed by atoms with Gasteiger partial charge in [0.15, 0.2) is 0 Å². The second-order valence-electron chi connectivity index (χ2n) is 5.94. The second-order valence-corrected chi connectivity index (χ2v) is 5.94. The fourth-order valence-electron chi connectivity index (χ4n) is 2.74. The number of pyridine rings is 2. The van der Waals surface area contributed by atoms with Crippen LogP contribution in [0.1, 0.15) is 28.4 Å². The first kappa shape index (κ1) is 18.5. The van der Waals surface area contributed by atoms with Crippen LogP contribution >= 0.6 is 0 Å². The predicted molar refractivity (Wildman–Crippen MR) is 99.6 cm³/mol. The molecule has 0 N–H and O–H groups in total. The van der Waals surface area contributed by atoms with Gasteiger partial charge < -0.3 is 9.64 Å². The van der Waals surface area contributed by atoms with E-state index < -0.39 is 0 Å². The number of carbonyl (C=O) groups excluding carboxylic acids is 1. The molecule has 5 nitrogen and oxygen atoms in total. The van der Waals surface area contributed by atoms with E-state index in [0.29, 0.717) is 30.2 Å². The van der Waals surface area contributed by atoms with Crippen LogP contribution in [0.25, 0.3) is 0 Å². The van der Waals surface area contributed by atoms with Crippen molar-refractivity contribution >= 4 is 5.91 Å². The Morgan fingerprint density at radius 2 is 1.85 bits per heavy atom. The smallest absolute Gasteiger partial charge is 0.259 e. The van der Waals surface area contributed by atoms with Crippen molar-refractivity contribution in [3.05, 3.63) is 89.6 Å². The highest BCUT2D eigenvalue weighted by Gasteiger charge is 2.21. The normalized spacial score (nSPS) is 10.4. The van der Waals surface area contributed by atoms with Gasteiger partial charge in [-0.15, -0.1) is 0 Å². The Kier molecular flexibility index (Phi) is 6.10. The van der Waals surface area contributed by atoms with Gasteiger partial charge in [-0.1, -0.05) is 18.2 Å². The summed E-state index contributed by atoms with van der Waals surface area (Å²) in [5, 5.41) is 0. The van der Waals surface area contributed by atoms with Crippen LogP contribution in [0, 0.1) is 5.82 Å². The Morgan fingerprint density at radius 1 is 1.07 bits per heavy atom. The molecule has 0 aliphatic heterocycles. The number of hydrogen-bond acceptors (Lipinski definition) is 4. The number of aromatic nitrogens is 2. The lowest BCUT2D eigenvalue weighted by atomic mass is 10.1. The lowest BCUT2D eigenvalue weighted by molar-refractivity contribution is 0.0724. The van der Waals surface area contributed by atoms with Crippen molar-refractivity contribution < 1.29 is 13.9 Å². The largest absolute Gasteiger partial charge is 0.477 e. The summed E-state index contributed by atoms with van der Waals surface area (Å²) in [4.78, 5) is 23.1. The Balaban J connectivity index is 1.92. The molecule has 138 valence electrons. The van der Waals surface area contributed by atoms with Crippen LogP contribution in [-0.2, 0) is 13.1 Å². The molecule has 0 radical (unpaired) electrons. The molecule has 2 heterocycles. The minimum Gasteiger partial charge on any atom is -0.477 e. The van der Waals surface area contributed by atoms with Gasteiger partial charge in [0.05, 0.1) is 6.61 Å². The quantitative estimate of drug-likeness (QED) is 0.638. The molecule has 1 amide bonds. The maximum Gasteiger partial charge on any atom is 0.259 e. The molecule has 0 saturated heterocycles. The van der Waals surface area contributed by atoms with E-state index in [2.05, 4.69) is 9.97 Å². The molecule has 0 atom stereocenters. The fraction of sp³-hybridized carbons (Fsp3) is 0.190. The van der Waals surface area contributed by atoms with Crippen molar-refractivity contribution in [1.82, 2.24) is 14.9 Å². The van der Waals surface area contributed by atoms with Crippen LogP contribution in [0.3, 0.4) is 0 Å². The maximum absolute atomic E-state index is 13.6. The molecule has 2 aromatic heterocycles. The number of benzene rings is 1. The minimum atomic E-state index is -0.336. The molecule has 0 aliphatic rings. The number of carbonyl (C=O) groups is 1. The lowest BCUT2D eigenvalue weighted by Crippen LogP contribution is -2.30. The first-order valence-electron chi connectivity index (χ1n) is 8.68. The molecule has 0 bridgehead atoms. The molecule has 0 fully saturated rings. The van der Waals surface area contributed by atoms with E-state index in [-0.39, 0.29) is 18.3 Å². The second kappa shape index (κ2) is 8.89. The van der Waals surface area contributed by atoms with E-state index in [4.69, 9.17) is 4.74 Å². The summed E-state index contributed by atoms with van der Waals surface area (Å²) in [5.41, 5.74) is 1.96. The zero-order valence-electron chi connectivity index (χ0n) is 15.0. The Labute approximate surface area is 157 Å². The van der Waals surface area contributed by atoms with Gasteiger partial charge in [-0.25, -0.2) is 9.37 Å². The molecule has 0 saturated carbocycles. The number of amides is 1. The molecule has 0 aliphatic carbocycles. The van der Waals surface area contributed by atoms with E-state index in [0.717, 1.165) is 5.56 Å². The van der Waals surface area contributed by atoms with Gasteiger partial charge in [-0.3, -0.25) is 9.78 Å². The van der Waals surface area contributed by atoms with E-state index in [9.17, 15) is 9.18 Å². The molecule has 6 heteroatoms. The summed E-state index contributed by atoms with van der Waals surface area (Å²) in [6, 6.07) is 13.3. The van der Waals surface area contributed by atoms with Crippen LogP contribution in [0.15, 0.2) is 67.1 Å². The molecule has 27 heavy (non-hydrogen) atoms. The summed E-state index contributed by atoms with van der Waals surface area (Å²) in [5.74, 6) is -0.280. The van der Waals surface area contributed by atoms with Gasteiger partial charge in [0.25, 0.3) is 5.91 Å². The number of halogens is 1. The predicted octanol–water partition coefficient (Wildman–Crippen LogP) is 3.86. The monoisotopic (exact) mass is 365 g/mol. The number of nitrogens with zero attached hydrogens (tertiary/aromatic N) is 3. The summed E-state index contributed by atoms with van der Waals surface area (Å²) < 4.78 is 19.1. The summed E-state index contributed by atoms with van der Waals surface area (Å²) in [6.45, 7) is 2.84. The third kappa shape index (κ3) is 4.88. The number of hydrogen-bond donors (Lipinski definition) is 0. The first-order chi connectivity index (χ1) is 13.2. The van der Waals surface area contributed by atoms with Crippen molar-refractivity contribution in [3.63, 3.8) is 0 Å². The van der Waals surface area contributed by atoms with E-state index in [1.165, 1.54) is 12.1 Å². The van der Waals surface area contributed by atoms with Crippen LogP contribution in [0.5, 0.6) is 5.88 Å². The van der Waals surface area contributed by atoms with Crippen molar-refractivity contribution in [3.8, 4) is 5.88 Å². The van der Waals surface area contributed by atoms with Crippen molar-refractivity contribution in [2.45, 2.75) is 20.0 Å². The molecule has 0 unspecified atom stereocenters. The number of rotatable bonds is 7. The molecule has 3 rings (SSSR count). The summed E-state index contributed by atoms with van der Waals surface area (Å²) >= 11 is 0. The van der Waals surface area contributed by atoms with Gasteiger partial charge in [0.1, 0.15) is 11.4 Å². The van der Waals surface area contributed by atoms with E-state index >= 15 is 0 Å². The Hall–Kier alpha value is -3.28. The summed E-state index contributed by atoms with van der Waals surface area (Å²) in [7, 11) is 0. The standard InChI is InChI=1S/C21H20FN3O2/c1-2-27-20-19(9-5-11-24-20)21(26)25(15-17-7-4-10-23-13-17)14-16-6-3-8-18(22)12-16/h3-13H,2,14-15H2,1H3. The highest BCUT2D eigenvalue weighted by atomic mass is 19.1. The molecule has 3 aromatic rings. The average Bonchev–Trinajstić information content (AvgIpc) is 2.68. The lowest BCUT2D eigenvalue weighted by Gasteiger charge is -2.24. The third-order valence-corrected chi connectivity index (χ3v) is 3.93. The van der Waals surface area contributed by atoms with E-state index in [1.807, 2.05) is 19.1 Å². The Bertz CT molecular complexity index is 903. The molecule has 0 spiro atoms. The van der Waals surface area contributed by atoms with Crippen molar-refractivity contribution in [2.75, 3.05) is 6.61 Å². The van der Waals surface area contributed by atoms with E-state index in [1.54, 1.807) is 47.8 Å². The van der Waals surface area contributed by atoms with Crippen molar-refractivity contribution in [1.29, 1.82) is 0 Å². The van der Waals surface area contributed by atoms with Crippen LogP contribution < -0.4 is 4.74 Å². The molecular formula is C21H20FN3O2. The topological polar surface area (TPSA) is 55.3 Å². The van der Waals surface area contributed by atoms with Gasteiger partial charge in [-0.2, -0.15) is 0 Å². The van der Waals surface area contributed by atoms with Crippen LogP contribution in [0.2, 0.25) is 0 Å². The highest BCUT2D eigenvalue weighted by molar-refractivity contribution is 5.96. The Morgan fingerprint density at radius 3 is 2.59 bits per heavy atom. The minimum absolute atomic E-state index is 0.236.